The summed E-state index contributed by atoms with van der Waals surface area (Å²) in [5.41, 5.74) is 5.34. The summed E-state index contributed by atoms with van der Waals surface area (Å²) < 4.78 is 10.4. The molecule has 2 rings (SSSR count). The Labute approximate surface area is 157 Å². The number of esters is 1. The monoisotopic (exact) mass is 380 g/mol. The summed E-state index contributed by atoms with van der Waals surface area (Å²) in [6.07, 6.45) is 2.23. The Morgan fingerprint density at radius 2 is 1.96 bits per heavy atom. The SMILES string of the molecule is CCOc1ccc(SCC(=O)OCC(=O)N2CCCC[C@@H]2C(N)=O)cc1. The predicted molar refractivity (Wildman–Crippen MR) is 97.8 cm³/mol. The first-order valence-electron chi connectivity index (χ1n) is 8.61. The second-order valence-electron chi connectivity index (χ2n) is 5.85. The fourth-order valence-electron chi connectivity index (χ4n) is 2.73. The Hall–Kier alpha value is -2.22. The first-order valence-corrected chi connectivity index (χ1v) is 9.60. The second kappa shape index (κ2) is 10.1. The van der Waals surface area contributed by atoms with Crippen LogP contribution in [-0.4, -0.2) is 54.2 Å². The standard InChI is InChI=1S/C18H24N2O5S/c1-2-24-13-6-8-14(9-7-13)26-12-17(22)25-11-16(21)20-10-4-3-5-15(20)18(19)23/h6-9,15H,2-5,10-12H2,1H3,(H2,19,23)/t15-/m1/s1. The molecule has 1 aromatic rings. The topological polar surface area (TPSA) is 98.9 Å². The van der Waals surface area contributed by atoms with Gasteiger partial charge in [0.05, 0.1) is 12.4 Å². The molecule has 0 spiro atoms. The second-order valence-corrected chi connectivity index (χ2v) is 6.90. The van der Waals surface area contributed by atoms with Crippen molar-refractivity contribution in [3.8, 4) is 5.75 Å². The van der Waals surface area contributed by atoms with E-state index in [4.69, 9.17) is 15.2 Å². The van der Waals surface area contributed by atoms with E-state index in [0.717, 1.165) is 23.5 Å². The molecule has 1 aliphatic heterocycles. The largest absolute Gasteiger partial charge is 0.494 e. The first-order chi connectivity index (χ1) is 12.5. The van der Waals surface area contributed by atoms with Gasteiger partial charge in [-0.2, -0.15) is 0 Å². The Morgan fingerprint density at radius 3 is 2.62 bits per heavy atom. The first kappa shape index (κ1) is 20.1. The van der Waals surface area contributed by atoms with Crippen LogP contribution in [-0.2, 0) is 19.1 Å². The fourth-order valence-corrected chi connectivity index (χ4v) is 3.43. The number of carbonyl (C=O) groups is 3. The molecule has 0 bridgehead atoms. The zero-order chi connectivity index (χ0) is 18.9. The summed E-state index contributed by atoms with van der Waals surface area (Å²) in [6.45, 7) is 2.60. The summed E-state index contributed by atoms with van der Waals surface area (Å²) in [5, 5.41) is 0. The lowest BCUT2D eigenvalue weighted by Gasteiger charge is -2.33. The smallest absolute Gasteiger partial charge is 0.316 e. The minimum atomic E-state index is -0.604. The molecule has 1 fully saturated rings. The van der Waals surface area contributed by atoms with Gasteiger partial charge < -0.3 is 20.1 Å². The number of ether oxygens (including phenoxy) is 2. The maximum absolute atomic E-state index is 12.2. The molecule has 1 atom stereocenters. The Kier molecular flexibility index (Phi) is 7.77. The third kappa shape index (κ3) is 5.94. The van der Waals surface area contributed by atoms with Gasteiger partial charge in [-0.15, -0.1) is 11.8 Å². The van der Waals surface area contributed by atoms with Gasteiger partial charge in [-0.1, -0.05) is 0 Å². The van der Waals surface area contributed by atoms with Crippen LogP contribution >= 0.6 is 11.8 Å². The number of rotatable bonds is 8. The average molecular weight is 380 g/mol. The summed E-state index contributed by atoms with van der Waals surface area (Å²) >= 11 is 1.32. The molecule has 2 amide bonds. The fraction of sp³-hybridized carbons (Fsp3) is 0.500. The van der Waals surface area contributed by atoms with Crippen LogP contribution < -0.4 is 10.5 Å². The molecule has 0 saturated carbocycles. The van der Waals surface area contributed by atoms with Crippen molar-refractivity contribution in [2.45, 2.75) is 37.1 Å². The van der Waals surface area contributed by atoms with E-state index in [0.29, 0.717) is 19.6 Å². The van der Waals surface area contributed by atoms with Crippen LogP contribution in [0.4, 0.5) is 0 Å². The zero-order valence-electron chi connectivity index (χ0n) is 14.8. The van der Waals surface area contributed by atoms with Crippen LogP contribution in [0, 0.1) is 0 Å². The van der Waals surface area contributed by atoms with Gasteiger partial charge >= 0.3 is 5.97 Å². The summed E-state index contributed by atoms with van der Waals surface area (Å²) in [7, 11) is 0. The number of carbonyl (C=O) groups excluding carboxylic acids is 3. The molecule has 142 valence electrons. The molecule has 1 heterocycles. The van der Waals surface area contributed by atoms with E-state index in [2.05, 4.69) is 0 Å². The maximum Gasteiger partial charge on any atom is 0.316 e. The molecule has 1 aromatic carbocycles. The van der Waals surface area contributed by atoms with E-state index in [-0.39, 0.29) is 18.3 Å². The molecular formula is C18H24N2O5S. The molecule has 26 heavy (non-hydrogen) atoms. The molecule has 0 aliphatic carbocycles. The van der Waals surface area contributed by atoms with Crippen molar-refractivity contribution in [1.29, 1.82) is 0 Å². The normalized spacial score (nSPS) is 16.8. The summed E-state index contributed by atoms with van der Waals surface area (Å²) in [5.74, 6) is -0.510. The number of likely N-dealkylation sites (tertiary alicyclic amines) is 1. The highest BCUT2D eigenvalue weighted by atomic mass is 32.2. The van der Waals surface area contributed by atoms with Gasteiger partial charge in [-0.3, -0.25) is 14.4 Å². The van der Waals surface area contributed by atoms with Crippen molar-refractivity contribution in [1.82, 2.24) is 4.90 Å². The molecular weight excluding hydrogens is 356 g/mol. The number of primary amides is 1. The van der Waals surface area contributed by atoms with Crippen LogP contribution in [0.15, 0.2) is 29.2 Å². The number of hydrogen-bond donors (Lipinski definition) is 1. The van der Waals surface area contributed by atoms with Crippen molar-refractivity contribution in [2.75, 3.05) is 25.5 Å². The number of nitrogens with zero attached hydrogens (tertiary/aromatic N) is 1. The number of thioether (sulfide) groups is 1. The van der Waals surface area contributed by atoms with Crippen LogP contribution in [0.1, 0.15) is 26.2 Å². The Bertz CT molecular complexity index is 635. The predicted octanol–water partition coefficient (Wildman–Crippen LogP) is 1.59. The third-order valence-corrected chi connectivity index (χ3v) is 4.99. The van der Waals surface area contributed by atoms with Crippen LogP contribution in [0.25, 0.3) is 0 Å². The molecule has 0 unspecified atom stereocenters. The number of hydrogen-bond acceptors (Lipinski definition) is 6. The van der Waals surface area contributed by atoms with E-state index < -0.39 is 17.9 Å². The Balaban J connectivity index is 1.75. The molecule has 8 heteroatoms. The number of nitrogens with two attached hydrogens (primary N) is 1. The van der Waals surface area contributed by atoms with E-state index in [1.807, 2.05) is 31.2 Å². The highest BCUT2D eigenvalue weighted by Crippen LogP contribution is 2.22. The van der Waals surface area contributed by atoms with E-state index in [1.165, 1.54) is 16.7 Å². The minimum absolute atomic E-state index is 0.0977. The lowest BCUT2D eigenvalue weighted by atomic mass is 10.0. The van der Waals surface area contributed by atoms with Gasteiger partial charge in [0, 0.05) is 11.4 Å². The lowest BCUT2D eigenvalue weighted by molar-refractivity contribution is -0.153. The minimum Gasteiger partial charge on any atom is -0.494 e. The molecule has 1 aliphatic rings. The van der Waals surface area contributed by atoms with E-state index >= 15 is 0 Å². The highest BCUT2D eigenvalue weighted by molar-refractivity contribution is 8.00. The number of benzene rings is 1. The lowest BCUT2D eigenvalue weighted by Crippen LogP contribution is -2.51. The molecule has 1 saturated heterocycles. The van der Waals surface area contributed by atoms with Crippen molar-refractivity contribution < 1.29 is 23.9 Å². The zero-order valence-corrected chi connectivity index (χ0v) is 15.6. The number of piperidine rings is 1. The van der Waals surface area contributed by atoms with Gasteiger partial charge in [0.2, 0.25) is 5.91 Å². The summed E-state index contributed by atoms with van der Waals surface area (Å²) in [6, 6.07) is 6.79. The van der Waals surface area contributed by atoms with Crippen molar-refractivity contribution in [2.24, 2.45) is 5.73 Å². The van der Waals surface area contributed by atoms with Gasteiger partial charge in [-0.25, -0.2) is 0 Å². The quantitative estimate of drug-likeness (QED) is 0.543. The van der Waals surface area contributed by atoms with Gasteiger partial charge in [0.15, 0.2) is 6.61 Å². The van der Waals surface area contributed by atoms with E-state index in [1.54, 1.807) is 0 Å². The molecule has 7 nitrogen and oxygen atoms in total. The third-order valence-electron chi connectivity index (χ3n) is 4.00. The summed E-state index contributed by atoms with van der Waals surface area (Å²) in [4.78, 5) is 37.8. The maximum atomic E-state index is 12.2. The van der Waals surface area contributed by atoms with Crippen molar-refractivity contribution in [3.63, 3.8) is 0 Å². The molecule has 0 radical (unpaired) electrons. The molecule has 2 N–H and O–H groups in total. The number of amides is 2. The van der Waals surface area contributed by atoms with Crippen molar-refractivity contribution >= 4 is 29.5 Å². The average Bonchev–Trinajstić information content (AvgIpc) is 2.65. The van der Waals surface area contributed by atoms with Crippen LogP contribution in [0.5, 0.6) is 5.75 Å². The van der Waals surface area contributed by atoms with E-state index in [9.17, 15) is 14.4 Å². The van der Waals surface area contributed by atoms with Gasteiger partial charge in [0.1, 0.15) is 11.8 Å². The van der Waals surface area contributed by atoms with Gasteiger partial charge in [0.25, 0.3) is 5.91 Å². The Morgan fingerprint density at radius 1 is 1.23 bits per heavy atom. The highest BCUT2D eigenvalue weighted by Gasteiger charge is 2.30. The van der Waals surface area contributed by atoms with Crippen LogP contribution in [0.3, 0.4) is 0 Å². The van der Waals surface area contributed by atoms with Gasteiger partial charge in [-0.05, 0) is 50.5 Å². The molecule has 0 aromatic heterocycles. The van der Waals surface area contributed by atoms with Crippen molar-refractivity contribution in [3.05, 3.63) is 24.3 Å². The van der Waals surface area contributed by atoms with Crippen LogP contribution in [0.2, 0.25) is 0 Å².